The number of amides is 1. The summed E-state index contributed by atoms with van der Waals surface area (Å²) in [5, 5.41) is 0. The van der Waals surface area contributed by atoms with E-state index in [1.165, 1.54) is 76.6 Å². The van der Waals surface area contributed by atoms with Crippen LogP contribution in [0.25, 0.3) is 0 Å². The van der Waals surface area contributed by atoms with Crippen molar-refractivity contribution < 1.29 is 4.79 Å². The predicted molar refractivity (Wildman–Crippen MR) is 109 cm³/mol. The fraction of sp³-hybridized carbons (Fsp3) is 0.708. The Kier molecular flexibility index (Phi) is 4.75. The molecule has 3 heteroatoms. The topological polar surface area (TPSA) is 23.6 Å². The normalized spacial score (nSPS) is 25.7. The van der Waals surface area contributed by atoms with Crippen LogP contribution in [0, 0.1) is 11.8 Å². The maximum absolute atomic E-state index is 12.9. The van der Waals surface area contributed by atoms with Crippen LogP contribution in [0.4, 0.5) is 0 Å². The van der Waals surface area contributed by atoms with Crippen LogP contribution in [0.3, 0.4) is 0 Å². The Morgan fingerprint density at radius 2 is 1.74 bits per heavy atom. The van der Waals surface area contributed by atoms with Crippen molar-refractivity contribution >= 4 is 5.91 Å². The molecule has 2 heterocycles. The molecule has 1 aromatic rings. The lowest BCUT2D eigenvalue weighted by atomic mass is 9.68. The quantitative estimate of drug-likeness (QED) is 0.791. The zero-order valence-electron chi connectivity index (χ0n) is 16.7. The Labute approximate surface area is 164 Å². The minimum atomic E-state index is 0.195. The van der Waals surface area contributed by atoms with E-state index in [1.807, 2.05) is 0 Å². The van der Waals surface area contributed by atoms with Crippen LogP contribution in [-0.2, 0) is 16.8 Å². The van der Waals surface area contributed by atoms with Crippen LogP contribution in [0.1, 0.15) is 68.9 Å². The predicted octanol–water partition coefficient (Wildman–Crippen LogP) is 4.35. The average molecular weight is 367 g/mol. The summed E-state index contributed by atoms with van der Waals surface area (Å²) >= 11 is 0. The fourth-order valence-corrected chi connectivity index (χ4v) is 5.91. The van der Waals surface area contributed by atoms with E-state index < -0.39 is 0 Å². The summed E-state index contributed by atoms with van der Waals surface area (Å²) in [4.78, 5) is 17.8. The van der Waals surface area contributed by atoms with Crippen molar-refractivity contribution in [1.82, 2.24) is 9.80 Å². The van der Waals surface area contributed by atoms with E-state index in [1.54, 1.807) is 5.56 Å². The van der Waals surface area contributed by atoms with Gasteiger partial charge in [-0.1, -0.05) is 37.1 Å². The molecule has 0 bridgehead atoms. The summed E-state index contributed by atoms with van der Waals surface area (Å²) in [6.45, 7) is 5.50. The van der Waals surface area contributed by atoms with Gasteiger partial charge in [0.05, 0.1) is 0 Å². The monoisotopic (exact) mass is 366 g/mol. The van der Waals surface area contributed by atoms with Gasteiger partial charge in [0.15, 0.2) is 0 Å². The van der Waals surface area contributed by atoms with E-state index in [4.69, 9.17) is 0 Å². The lowest BCUT2D eigenvalue weighted by molar-refractivity contribution is -0.134. The van der Waals surface area contributed by atoms with Crippen molar-refractivity contribution in [2.75, 3.05) is 26.2 Å². The Morgan fingerprint density at radius 1 is 1.00 bits per heavy atom. The molecule has 0 aromatic heterocycles. The molecule has 0 atom stereocenters. The Hall–Kier alpha value is -1.35. The number of benzene rings is 1. The lowest BCUT2D eigenvalue weighted by Crippen LogP contribution is -2.53. The van der Waals surface area contributed by atoms with Gasteiger partial charge in [-0.15, -0.1) is 0 Å². The van der Waals surface area contributed by atoms with Crippen LogP contribution in [0.5, 0.6) is 0 Å². The Morgan fingerprint density at radius 3 is 2.48 bits per heavy atom. The molecule has 27 heavy (non-hydrogen) atoms. The molecule has 1 saturated heterocycles. The van der Waals surface area contributed by atoms with Crippen molar-refractivity contribution in [3.05, 3.63) is 35.4 Å². The first-order valence-electron chi connectivity index (χ1n) is 11.3. The van der Waals surface area contributed by atoms with Crippen LogP contribution >= 0.6 is 0 Å². The fourth-order valence-electron chi connectivity index (χ4n) is 5.91. The zero-order chi connectivity index (χ0) is 18.3. The van der Waals surface area contributed by atoms with Gasteiger partial charge >= 0.3 is 0 Å². The SMILES string of the molecule is O=C(CC1CC1)N1Cc2ccccc2C2(CCN(CC3CCCC3)CC2)C1. The van der Waals surface area contributed by atoms with Gasteiger partial charge in [-0.3, -0.25) is 4.79 Å². The molecule has 5 rings (SSSR count). The molecule has 2 saturated carbocycles. The van der Waals surface area contributed by atoms with Gasteiger partial charge in [0.25, 0.3) is 0 Å². The first kappa shape index (κ1) is 17.7. The molecule has 4 aliphatic rings. The summed E-state index contributed by atoms with van der Waals surface area (Å²) in [5.74, 6) is 2.02. The molecular weight excluding hydrogens is 332 g/mol. The third kappa shape index (κ3) is 3.68. The van der Waals surface area contributed by atoms with Crippen LogP contribution in [-0.4, -0.2) is 41.9 Å². The molecule has 1 spiro atoms. The molecule has 3 fully saturated rings. The van der Waals surface area contributed by atoms with E-state index in [2.05, 4.69) is 34.1 Å². The summed E-state index contributed by atoms with van der Waals surface area (Å²) in [7, 11) is 0. The smallest absolute Gasteiger partial charge is 0.223 e. The average Bonchev–Trinajstić information content (AvgIpc) is 3.36. The molecule has 2 aliphatic heterocycles. The summed E-state index contributed by atoms with van der Waals surface area (Å²) in [6.07, 6.45) is 11.5. The number of rotatable bonds is 4. The van der Waals surface area contributed by atoms with Crippen molar-refractivity contribution in [2.45, 2.75) is 69.7 Å². The number of piperidine rings is 1. The Balaban J connectivity index is 1.31. The van der Waals surface area contributed by atoms with Gasteiger partial charge in [0, 0.05) is 31.5 Å². The highest BCUT2D eigenvalue weighted by Crippen LogP contribution is 2.43. The molecule has 0 unspecified atom stereocenters. The van der Waals surface area contributed by atoms with Gasteiger partial charge in [0.1, 0.15) is 0 Å². The molecule has 146 valence electrons. The number of likely N-dealkylation sites (tertiary alicyclic amines) is 1. The first-order chi connectivity index (χ1) is 13.2. The number of hydrogen-bond acceptors (Lipinski definition) is 2. The highest BCUT2D eigenvalue weighted by Gasteiger charge is 2.43. The summed E-state index contributed by atoms with van der Waals surface area (Å²) < 4.78 is 0. The van der Waals surface area contributed by atoms with Gasteiger partial charge in [-0.2, -0.15) is 0 Å². The van der Waals surface area contributed by atoms with Crippen molar-refractivity contribution in [3.63, 3.8) is 0 Å². The third-order valence-electron chi connectivity index (χ3n) is 7.76. The largest absolute Gasteiger partial charge is 0.337 e. The molecule has 0 N–H and O–H groups in total. The van der Waals surface area contributed by atoms with E-state index in [0.717, 1.165) is 25.4 Å². The van der Waals surface area contributed by atoms with Crippen molar-refractivity contribution in [1.29, 1.82) is 0 Å². The molecular formula is C24H34N2O. The molecule has 1 aromatic carbocycles. The second-order valence-corrected chi connectivity index (χ2v) is 9.79. The first-order valence-corrected chi connectivity index (χ1v) is 11.3. The number of fused-ring (bicyclic) bond motifs is 2. The van der Waals surface area contributed by atoms with Crippen molar-refractivity contribution in [2.24, 2.45) is 11.8 Å². The van der Waals surface area contributed by atoms with Gasteiger partial charge in [0.2, 0.25) is 5.91 Å². The standard InChI is InChI=1S/C24H34N2O/c27-23(15-19-9-10-19)26-17-21-7-3-4-8-22(21)24(18-26)11-13-25(14-12-24)16-20-5-1-2-6-20/h3-4,7-8,19-20H,1-2,5-6,9-18H2. The highest BCUT2D eigenvalue weighted by atomic mass is 16.2. The van der Waals surface area contributed by atoms with Gasteiger partial charge in [-0.05, 0) is 74.6 Å². The summed E-state index contributed by atoms with van der Waals surface area (Å²) in [5.41, 5.74) is 3.14. The highest BCUT2D eigenvalue weighted by molar-refractivity contribution is 5.77. The van der Waals surface area contributed by atoms with Gasteiger partial charge in [-0.25, -0.2) is 0 Å². The lowest BCUT2D eigenvalue weighted by Gasteiger charge is -2.49. The van der Waals surface area contributed by atoms with Crippen LogP contribution in [0.2, 0.25) is 0 Å². The number of hydrogen-bond donors (Lipinski definition) is 0. The molecule has 0 radical (unpaired) electrons. The van der Waals surface area contributed by atoms with Crippen molar-refractivity contribution in [3.8, 4) is 0 Å². The van der Waals surface area contributed by atoms with E-state index in [9.17, 15) is 4.79 Å². The van der Waals surface area contributed by atoms with Crippen LogP contribution < -0.4 is 0 Å². The van der Waals surface area contributed by atoms with Crippen LogP contribution in [0.15, 0.2) is 24.3 Å². The van der Waals surface area contributed by atoms with E-state index >= 15 is 0 Å². The second kappa shape index (κ2) is 7.24. The third-order valence-corrected chi connectivity index (χ3v) is 7.76. The maximum Gasteiger partial charge on any atom is 0.223 e. The zero-order valence-corrected chi connectivity index (χ0v) is 16.7. The Bertz CT molecular complexity index is 681. The molecule has 1 amide bonds. The number of carbonyl (C=O) groups is 1. The number of carbonyl (C=O) groups excluding carboxylic acids is 1. The van der Waals surface area contributed by atoms with E-state index in [0.29, 0.717) is 11.8 Å². The second-order valence-electron chi connectivity index (χ2n) is 9.79. The molecule has 3 nitrogen and oxygen atoms in total. The maximum atomic E-state index is 12.9. The number of nitrogens with zero attached hydrogens (tertiary/aromatic N) is 2. The van der Waals surface area contributed by atoms with E-state index in [-0.39, 0.29) is 5.41 Å². The summed E-state index contributed by atoms with van der Waals surface area (Å²) in [6, 6.07) is 8.97. The minimum Gasteiger partial charge on any atom is -0.337 e. The molecule has 2 aliphatic carbocycles. The van der Waals surface area contributed by atoms with Gasteiger partial charge < -0.3 is 9.80 Å². The minimum absolute atomic E-state index is 0.195.